The van der Waals surface area contributed by atoms with Crippen LogP contribution in [0, 0.1) is 11.8 Å². The average Bonchev–Trinajstić information content (AvgIpc) is 2.97. The Morgan fingerprint density at radius 3 is 2.62 bits per heavy atom. The largest absolute Gasteiger partial charge is 0.338 e. The fourth-order valence-corrected chi connectivity index (χ4v) is 3.13. The van der Waals surface area contributed by atoms with Crippen molar-refractivity contribution in [2.75, 3.05) is 6.54 Å². The molecule has 4 nitrogen and oxygen atoms in total. The first-order valence-corrected chi connectivity index (χ1v) is 9.27. The first-order valence-electron chi connectivity index (χ1n) is 9.27. The lowest BCUT2D eigenvalue weighted by Crippen LogP contribution is -2.32. The molecule has 130 valence electrons. The number of rotatable bonds is 9. The lowest BCUT2D eigenvalue weighted by atomic mass is 9.85. The van der Waals surface area contributed by atoms with Crippen molar-refractivity contribution in [2.45, 2.75) is 59.0 Å². The van der Waals surface area contributed by atoms with Gasteiger partial charge in [-0.25, -0.2) is 0 Å². The third kappa shape index (κ3) is 5.17. The average molecular weight is 327 g/mol. The Labute approximate surface area is 145 Å². The molecule has 1 aromatic heterocycles. The molecule has 0 atom stereocenters. The molecular weight excluding hydrogens is 298 g/mol. The monoisotopic (exact) mass is 327 g/mol. The summed E-state index contributed by atoms with van der Waals surface area (Å²) < 4.78 is 5.50. The highest BCUT2D eigenvalue weighted by atomic mass is 16.5. The third-order valence-corrected chi connectivity index (χ3v) is 4.80. The van der Waals surface area contributed by atoms with E-state index in [9.17, 15) is 0 Å². The number of aryl methyl sites for hydroxylation is 1. The van der Waals surface area contributed by atoms with Gasteiger partial charge in [-0.1, -0.05) is 55.8 Å². The lowest BCUT2D eigenvalue weighted by Gasteiger charge is -2.31. The van der Waals surface area contributed by atoms with Gasteiger partial charge in [-0.3, -0.25) is 4.90 Å². The second-order valence-electron chi connectivity index (χ2n) is 7.49. The van der Waals surface area contributed by atoms with Crippen LogP contribution in [0.1, 0.15) is 56.8 Å². The summed E-state index contributed by atoms with van der Waals surface area (Å²) in [6, 6.07) is 10.7. The van der Waals surface area contributed by atoms with Crippen molar-refractivity contribution in [2.24, 2.45) is 11.8 Å². The van der Waals surface area contributed by atoms with Crippen molar-refractivity contribution in [1.29, 1.82) is 0 Å². The standard InChI is InChI=1S/C20H29N3O/c1-16(2)11-12-19-21-20(24-22-19)15-23(14-18-9-6-10-18)13-17-7-4-3-5-8-17/h3-5,7-8,16,18H,6,9-15H2,1-2H3. The van der Waals surface area contributed by atoms with E-state index in [0.717, 1.165) is 50.1 Å². The lowest BCUT2D eigenvalue weighted by molar-refractivity contribution is 0.149. The van der Waals surface area contributed by atoms with Crippen LogP contribution < -0.4 is 0 Å². The van der Waals surface area contributed by atoms with E-state index >= 15 is 0 Å². The molecule has 0 N–H and O–H groups in total. The predicted molar refractivity (Wildman–Crippen MR) is 95.4 cm³/mol. The molecule has 0 radical (unpaired) electrons. The zero-order chi connectivity index (χ0) is 16.8. The summed E-state index contributed by atoms with van der Waals surface area (Å²) in [5.41, 5.74) is 1.34. The molecular formula is C20H29N3O. The van der Waals surface area contributed by atoms with E-state index in [4.69, 9.17) is 4.52 Å². The van der Waals surface area contributed by atoms with Gasteiger partial charge in [0.2, 0.25) is 5.89 Å². The normalized spacial score (nSPS) is 15.2. The van der Waals surface area contributed by atoms with Crippen molar-refractivity contribution in [3.63, 3.8) is 0 Å². The quantitative estimate of drug-likeness (QED) is 0.682. The van der Waals surface area contributed by atoms with E-state index in [-0.39, 0.29) is 0 Å². The smallest absolute Gasteiger partial charge is 0.240 e. The van der Waals surface area contributed by atoms with Gasteiger partial charge in [0.05, 0.1) is 6.54 Å². The molecule has 1 saturated carbocycles. The summed E-state index contributed by atoms with van der Waals surface area (Å²) in [7, 11) is 0. The molecule has 4 heteroatoms. The van der Waals surface area contributed by atoms with Gasteiger partial charge in [0.15, 0.2) is 5.82 Å². The Bertz CT molecular complexity index is 604. The van der Waals surface area contributed by atoms with Crippen LogP contribution in [0.2, 0.25) is 0 Å². The van der Waals surface area contributed by atoms with Crippen LogP contribution in [0.25, 0.3) is 0 Å². The molecule has 1 fully saturated rings. The molecule has 0 amide bonds. The van der Waals surface area contributed by atoms with Crippen LogP contribution in [0.5, 0.6) is 0 Å². The molecule has 1 heterocycles. The first kappa shape index (κ1) is 17.2. The molecule has 0 unspecified atom stereocenters. The Morgan fingerprint density at radius 1 is 1.17 bits per heavy atom. The summed E-state index contributed by atoms with van der Waals surface area (Å²) in [6.45, 7) is 7.27. The summed E-state index contributed by atoms with van der Waals surface area (Å²) in [6.07, 6.45) is 6.10. The summed E-state index contributed by atoms with van der Waals surface area (Å²) in [5, 5.41) is 4.15. The second-order valence-corrected chi connectivity index (χ2v) is 7.49. The van der Waals surface area contributed by atoms with E-state index in [1.54, 1.807) is 0 Å². The van der Waals surface area contributed by atoms with E-state index < -0.39 is 0 Å². The van der Waals surface area contributed by atoms with Gasteiger partial charge in [-0.2, -0.15) is 4.98 Å². The molecule has 0 saturated heterocycles. The molecule has 1 aromatic carbocycles. The zero-order valence-corrected chi connectivity index (χ0v) is 14.9. The summed E-state index contributed by atoms with van der Waals surface area (Å²) >= 11 is 0. The predicted octanol–water partition coefficient (Wildman–Crippen LogP) is 4.46. The number of aromatic nitrogens is 2. The van der Waals surface area contributed by atoms with Gasteiger partial charge in [0.25, 0.3) is 0 Å². The van der Waals surface area contributed by atoms with Gasteiger partial charge in [0.1, 0.15) is 0 Å². The maximum Gasteiger partial charge on any atom is 0.240 e. The highest BCUT2D eigenvalue weighted by molar-refractivity contribution is 5.14. The van der Waals surface area contributed by atoms with Gasteiger partial charge in [0, 0.05) is 19.5 Å². The SMILES string of the molecule is CC(C)CCc1noc(CN(Cc2ccccc2)CC2CCC2)n1. The maximum absolute atomic E-state index is 5.50. The minimum atomic E-state index is 0.667. The van der Waals surface area contributed by atoms with Crippen LogP contribution >= 0.6 is 0 Å². The second kappa shape index (κ2) is 8.43. The fourth-order valence-electron chi connectivity index (χ4n) is 3.13. The van der Waals surface area contributed by atoms with E-state index in [1.165, 1.54) is 24.8 Å². The van der Waals surface area contributed by atoms with Crippen LogP contribution in [0.4, 0.5) is 0 Å². The maximum atomic E-state index is 5.50. The number of hydrogen-bond acceptors (Lipinski definition) is 4. The van der Waals surface area contributed by atoms with Gasteiger partial charge >= 0.3 is 0 Å². The Hall–Kier alpha value is -1.68. The molecule has 0 spiro atoms. The topological polar surface area (TPSA) is 42.2 Å². The molecule has 3 rings (SSSR count). The molecule has 0 aliphatic heterocycles. The number of hydrogen-bond donors (Lipinski definition) is 0. The van der Waals surface area contributed by atoms with Crippen LogP contribution in [-0.2, 0) is 19.5 Å². The fraction of sp³-hybridized carbons (Fsp3) is 0.600. The Morgan fingerprint density at radius 2 is 1.96 bits per heavy atom. The van der Waals surface area contributed by atoms with E-state index in [1.807, 2.05) is 0 Å². The van der Waals surface area contributed by atoms with E-state index in [2.05, 4.69) is 59.2 Å². The highest BCUT2D eigenvalue weighted by Gasteiger charge is 2.22. The van der Waals surface area contributed by atoms with Crippen molar-refractivity contribution >= 4 is 0 Å². The zero-order valence-electron chi connectivity index (χ0n) is 14.9. The minimum Gasteiger partial charge on any atom is -0.338 e. The van der Waals surface area contributed by atoms with Crippen molar-refractivity contribution in [1.82, 2.24) is 15.0 Å². The molecule has 24 heavy (non-hydrogen) atoms. The first-order chi connectivity index (χ1) is 11.7. The van der Waals surface area contributed by atoms with Crippen molar-refractivity contribution in [3.05, 3.63) is 47.6 Å². The summed E-state index contributed by atoms with van der Waals surface area (Å²) in [5.74, 6) is 3.10. The van der Waals surface area contributed by atoms with Crippen molar-refractivity contribution in [3.8, 4) is 0 Å². The Kier molecular flexibility index (Phi) is 6.02. The van der Waals surface area contributed by atoms with E-state index in [0.29, 0.717) is 5.92 Å². The number of benzene rings is 1. The van der Waals surface area contributed by atoms with Crippen LogP contribution in [-0.4, -0.2) is 21.6 Å². The molecule has 2 aromatic rings. The molecule has 0 bridgehead atoms. The van der Waals surface area contributed by atoms with Crippen LogP contribution in [0.3, 0.4) is 0 Å². The molecule has 1 aliphatic carbocycles. The Balaban J connectivity index is 1.60. The number of nitrogens with zero attached hydrogens (tertiary/aromatic N) is 3. The van der Waals surface area contributed by atoms with Gasteiger partial charge in [-0.05, 0) is 36.7 Å². The molecule has 1 aliphatic rings. The highest BCUT2D eigenvalue weighted by Crippen LogP contribution is 2.28. The van der Waals surface area contributed by atoms with Crippen molar-refractivity contribution < 1.29 is 4.52 Å². The van der Waals surface area contributed by atoms with Gasteiger partial charge < -0.3 is 4.52 Å². The van der Waals surface area contributed by atoms with Gasteiger partial charge in [-0.15, -0.1) is 0 Å². The summed E-state index contributed by atoms with van der Waals surface area (Å²) in [4.78, 5) is 7.05. The third-order valence-electron chi connectivity index (χ3n) is 4.80. The van der Waals surface area contributed by atoms with Crippen LogP contribution in [0.15, 0.2) is 34.9 Å². The minimum absolute atomic E-state index is 0.667.